The number of methoxy groups -OCH3 is 1. The molecule has 1 amide bonds. The molecule has 2 aromatic rings. The molecule has 1 atom stereocenters. The quantitative estimate of drug-likeness (QED) is 0.379. The standard InChI is InChI=1S/C15H21N7O4S/c1-10(27-15-17-18-19-21(15)8-7-20(2)3)14(23)16-12-9-11(22(24)25)5-6-13(12)26-4/h5-6,9-10H,7-8H2,1-4H3,(H,16,23). The van der Waals surface area contributed by atoms with Crippen molar-refractivity contribution in [1.29, 1.82) is 0 Å². The Morgan fingerprint density at radius 2 is 2.22 bits per heavy atom. The molecule has 0 spiro atoms. The third-order valence-corrected chi connectivity index (χ3v) is 4.63. The minimum absolute atomic E-state index is 0.140. The molecule has 11 nitrogen and oxygen atoms in total. The van der Waals surface area contributed by atoms with Gasteiger partial charge in [-0.15, -0.1) is 5.10 Å². The lowest BCUT2D eigenvalue weighted by Gasteiger charge is -2.14. The number of hydrogen-bond donors (Lipinski definition) is 1. The molecule has 0 bridgehead atoms. The number of carbonyl (C=O) groups is 1. The van der Waals surface area contributed by atoms with Crippen molar-refractivity contribution in [2.75, 3.05) is 33.1 Å². The van der Waals surface area contributed by atoms with Gasteiger partial charge in [-0.25, -0.2) is 4.68 Å². The summed E-state index contributed by atoms with van der Waals surface area (Å²) < 4.78 is 6.78. The summed E-state index contributed by atoms with van der Waals surface area (Å²) in [6.45, 7) is 3.05. The van der Waals surface area contributed by atoms with Gasteiger partial charge in [0.2, 0.25) is 11.1 Å². The number of rotatable bonds is 9. The average molecular weight is 395 g/mol. The second kappa shape index (κ2) is 9.28. The highest BCUT2D eigenvalue weighted by Gasteiger charge is 2.21. The zero-order valence-electron chi connectivity index (χ0n) is 15.4. The molecule has 1 aromatic carbocycles. The molecule has 146 valence electrons. The molecule has 0 aliphatic heterocycles. The molecule has 0 aliphatic carbocycles. The van der Waals surface area contributed by atoms with Crippen molar-refractivity contribution in [3.8, 4) is 5.75 Å². The van der Waals surface area contributed by atoms with Gasteiger partial charge in [0.25, 0.3) is 5.69 Å². The third-order valence-electron chi connectivity index (χ3n) is 3.56. The molecule has 1 aromatic heterocycles. The molecular formula is C15H21N7O4S. The van der Waals surface area contributed by atoms with Gasteiger partial charge < -0.3 is 15.0 Å². The number of anilines is 1. The highest BCUT2D eigenvalue weighted by atomic mass is 32.2. The van der Waals surface area contributed by atoms with Crippen LogP contribution in [0, 0.1) is 10.1 Å². The third kappa shape index (κ3) is 5.62. The van der Waals surface area contributed by atoms with Crippen LogP contribution in [0.1, 0.15) is 6.92 Å². The fourth-order valence-corrected chi connectivity index (χ4v) is 2.88. The molecule has 0 radical (unpaired) electrons. The maximum Gasteiger partial charge on any atom is 0.271 e. The number of nitrogens with one attached hydrogen (secondary N) is 1. The van der Waals surface area contributed by atoms with Crippen molar-refractivity contribution in [2.24, 2.45) is 0 Å². The van der Waals surface area contributed by atoms with Crippen LogP contribution < -0.4 is 10.1 Å². The predicted molar refractivity (Wildman–Crippen MR) is 100.0 cm³/mol. The van der Waals surface area contributed by atoms with E-state index in [1.54, 1.807) is 11.6 Å². The largest absolute Gasteiger partial charge is 0.495 e. The van der Waals surface area contributed by atoms with E-state index < -0.39 is 10.2 Å². The number of hydrogen-bond acceptors (Lipinski definition) is 9. The van der Waals surface area contributed by atoms with Crippen molar-refractivity contribution in [3.05, 3.63) is 28.3 Å². The Bertz CT molecular complexity index is 811. The molecule has 1 N–H and O–H groups in total. The van der Waals surface area contributed by atoms with Gasteiger partial charge in [0.05, 0.1) is 29.5 Å². The summed E-state index contributed by atoms with van der Waals surface area (Å²) in [6, 6.07) is 4.01. The number of nitro groups is 1. The molecule has 1 heterocycles. The van der Waals surface area contributed by atoms with Gasteiger partial charge in [0, 0.05) is 18.7 Å². The molecule has 27 heavy (non-hydrogen) atoms. The monoisotopic (exact) mass is 395 g/mol. The first kappa shape index (κ1) is 20.6. The van der Waals surface area contributed by atoms with Crippen molar-refractivity contribution in [2.45, 2.75) is 23.9 Å². The van der Waals surface area contributed by atoms with Gasteiger partial charge in [-0.1, -0.05) is 11.8 Å². The zero-order valence-corrected chi connectivity index (χ0v) is 16.3. The number of nitrogens with zero attached hydrogens (tertiary/aromatic N) is 6. The molecule has 1 unspecified atom stereocenters. The fourth-order valence-electron chi connectivity index (χ4n) is 2.07. The number of non-ortho nitro benzene ring substituents is 1. The Morgan fingerprint density at radius 1 is 1.48 bits per heavy atom. The fraction of sp³-hybridized carbons (Fsp3) is 0.467. The van der Waals surface area contributed by atoms with Gasteiger partial charge in [-0.2, -0.15) is 0 Å². The summed E-state index contributed by atoms with van der Waals surface area (Å²) >= 11 is 1.20. The van der Waals surface area contributed by atoms with E-state index in [0.717, 1.165) is 6.54 Å². The van der Waals surface area contributed by atoms with Gasteiger partial charge in [0.15, 0.2) is 0 Å². The normalized spacial score (nSPS) is 12.0. The van der Waals surface area contributed by atoms with Crippen molar-refractivity contribution < 1.29 is 14.5 Å². The van der Waals surface area contributed by atoms with Crippen LogP contribution in [-0.4, -0.2) is 68.9 Å². The highest BCUT2D eigenvalue weighted by Crippen LogP contribution is 2.30. The molecule has 2 rings (SSSR count). The van der Waals surface area contributed by atoms with E-state index in [2.05, 4.69) is 20.8 Å². The van der Waals surface area contributed by atoms with Crippen molar-refractivity contribution in [3.63, 3.8) is 0 Å². The first-order chi connectivity index (χ1) is 12.8. The zero-order chi connectivity index (χ0) is 20.0. The van der Waals surface area contributed by atoms with Crippen LogP contribution >= 0.6 is 11.8 Å². The number of aromatic nitrogens is 4. The number of carbonyl (C=O) groups excluding carboxylic acids is 1. The molecule has 12 heteroatoms. The number of tetrazole rings is 1. The van der Waals surface area contributed by atoms with Crippen LogP contribution in [0.25, 0.3) is 0 Å². The highest BCUT2D eigenvalue weighted by molar-refractivity contribution is 8.00. The molecule has 0 saturated carbocycles. The van der Waals surface area contributed by atoms with E-state index in [9.17, 15) is 14.9 Å². The van der Waals surface area contributed by atoms with Crippen molar-refractivity contribution in [1.82, 2.24) is 25.1 Å². The van der Waals surface area contributed by atoms with E-state index in [1.165, 1.54) is 37.1 Å². The van der Waals surface area contributed by atoms with Gasteiger partial charge in [-0.3, -0.25) is 14.9 Å². The first-order valence-corrected chi connectivity index (χ1v) is 8.90. The number of likely N-dealkylation sites (N-methyl/N-ethyl adjacent to an activating group) is 1. The summed E-state index contributed by atoms with van der Waals surface area (Å²) in [5, 5.41) is 25.1. The predicted octanol–water partition coefficient (Wildman–Crippen LogP) is 1.27. The minimum atomic E-state index is -0.536. The Balaban J connectivity index is 2.07. The van der Waals surface area contributed by atoms with Crippen LogP contribution in [0.4, 0.5) is 11.4 Å². The Morgan fingerprint density at radius 3 is 2.85 bits per heavy atom. The maximum atomic E-state index is 12.5. The van der Waals surface area contributed by atoms with E-state index in [0.29, 0.717) is 17.5 Å². The summed E-state index contributed by atoms with van der Waals surface area (Å²) in [5.74, 6) is -0.0112. The van der Waals surface area contributed by atoms with Crippen LogP contribution in [0.15, 0.2) is 23.4 Å². The summed E-state index contributed by atoms with van der Waals surface area (Å²) in [6.07, 6.45) is 0. The summed E-state index contributed by atoms with van der Waals surface area (Å²) in [5.41, 5.74) is 0.0929. The van der Waals surface area contributed by atoms with Gasteiger partial charge >= 0.3 is 0 Å². The van der Waals surface area contributed by atoms with E-state index >= 15 is 0 Å². The molecule has 0 fully saturated rings. The lowest BCUT2D eigenvalue weighted by molar-refractivity contribution is -0.384. The SMILES string of the molecule is COc1ccc([N+](=O)[O-])cc1NC(=O)C(C)Sc1nnnn1CCN(C)C. The summed E-state index contributed by atoms with van der Waals surface area (Å²) in [7, 11) is 5.31. The number of thioether (sulfide) groups is 1. The lowest BCUT2D eigenvalue weighted by Crippen LogP contribution is -2.24. The number of amides is 1. The average Bonchev–Trinajstić information content (AvgIpc) is 3.06. The van der Waals surface area contributed by atoms with Crippen molar-refractivity contribution >= 4 is 29.0 Å². The molecule has 0 aliphatic rings. The van der Waals surface area contributed by atoms with Gasteiger partial charge in [0.1, 0.15) is 5.75 Å². The number of nitro benzene ring substituents is 1. The summed E-state index contributed by atoms with van der Waals surface area (Å²) in [4.78, 5) is 24.9. The Kier molecular flexibility index (Phi) is 7.07. The van der Waals surface area contributed by atoms with Crippen LogP contribution in [0.2, 0.25) is 0 Å². The number of ether oxygens (including phenoxy) is 1. The second-order valence-electron chi connectivity index (χ2n) is 5.88. The Hall–Kier alpha value is -2.73. The van der Waals surface area contributed by atoms with Gasteiger partial charge in [-0.05, 0) is 37.5 Å². The Labute approximate surface area is 160 Å². The molecule has 0 saturated heterocycles. The topological polar surface area (TPSA) is 128 Å². The smallest absolute Gasteiger partial charge is 0.271 e. The van der Waals surface area contributed by atoms with E-state index in [4.69, 9.17) is 4.74 Å². The number of benzene rings is 1. The molecular weight excluding hydrogens is 374 g/mol. The van der Waals surface area contributed by atoms with Crippen LogP contribution in [-0.2, 0) is 11.3 Å². The maximum absolute atomic E-state index is 12.5. The van der Waals surface area contributed by atoms with Crippen LogP contribution in [0.5, 0.6) is 5.75 Å². The minimum Gasteiger partial charge on any atom is -0.495 e. The van der Waals surface area contributed by atoms with E-state index in [1.807, 2.05) is 19.0 Å². The lowest BCUT2D eigenvalue weighted by atomic mass is 10.2. The second-order valence-corrected chi connectivity index (χ2v) is 7.19. The first-order valence-electron chi connectivity index (χ1n) is 8.02. The van der Waals surface area contributed by atoms with Crippen LogP contribution in [0.3, 0.4) is 0 Å². The van der Waals surface area contributed by atoms with E-state index in [-0.39, 0.29) is 17.3 Å².